The van der Waals surface area contributed by atoms with E-state index >= 15 is 0 Å². The van der Waals surface area contributed by atoms with Crippen LogP contribution in [-0.2, 0) is 4.79 Å². The molecule has 0 aliphatic rings. The fraction of sp³-hybridized carbons (Fsp3) is 0.625. The van der Waals surface area contributed by atoms with Crippen molar-refractivity contribution in [3.63, 3.8) is 0 Å². The van der Waals surface area contributed by atoms with E-state index in [0.29, 0.717) is 6.54 Å². The number of nitrogens with two attached hydrogens (primary N) is 1. The average molecular weight is 156 g/mol. The fourth-order valence-corrected chi connectivity index (χ4v) is 0.533. The first-order valence-corrected chi connectivity index (χ1v) is 3.74. The number of carbonyl (C=O) groups is 1. The quantitative estimate of drug-likeness (QED) is 0.574. The van der Waals surface area contributed by atoms with Crippen LogP contribution in [0.15, 0.2) is 12.7 Å². The van der Waals surface area contributed by atoms with Crippen LogP contribution in [0, 0.1) is 5.92 Å². The average Bonchev–Trinajstić information content (AvgIpc) is 2.02. The molecule has 3 N–H and O–H groups in total. The van der Waals surface area contributed by atoms with Crippen molar-refractivity contribution < 1.29 is 4.79 Å². The molecule has 3 heteroatoms. The highest BCUT2D eigenvalue weighted by Crippen LogP contribution is 1.92. The highest BCUT2D eigenvalue weighted by Gasteiger charge is 2.10. The van der Waals surface area contributed by atoms with Gasteiger partial charge in [0, 0.05) is 18.5 Å². The Hall–Kier alpha value is -0.830. The first-order chi connectivity index (χ1) is 5.11. The van der Waals surface area contributed by atoms with E-state index < -0.39 is 0 Å². The molecule has 11 heavy (non-hydrogen) atoms. The summed E-state index contributed by atoms with van der Waals surface area (Å²) >= 11 is 0. The summed E-state index contributed by atoms with van der Waals surface area (Å²) in [6.45, 7) is 7.60. The predicted molar refractivity (Wildman–Crippen MR) is 46.0 cm³/mol. The van der Waals surface area contributed by atoms with E-state index in [4.69, 9.17) is 5.73 Å². The molecule has 0 aromatic heterocycles. The van der Waals surface area contributed by atoms with Gasteiger partial charge >= 0.3 is 0 Å². The van der Waals surface area contributed by atoms with E-state index in [2.05, 4.69) is 11.9 Å². The van der Waals surface area contributed by atoms with Gasteiger partial charge in [0.1, 0.15) is 0 Å². The van der Waals surface area contributed by atoms with Crippen LogP contribution in [0.25, 0.3) is 0 Å². The minimum absolute atomic E-state index is 0.0140. The number of rotatable bonds is 4. The van der Waals surface area contributed by atoms with Crippen LogP contribution in [0.4, 0.5) is 0 Å². The third kappa shape index (κ3) is 3.78. The summed E-state index contributed by atoms with van der Waals surface area (Å²) in [5.41, 5.74) is 5.30. The Balaban J connectivity index is 3.76. The maximum Gasteiger partial charge on any atom is 0.224 e. The van der Waals surface area contributed by atoms with Gasteiger partial charge in [-0.05, 0) is 6.92 Å². The lowest BCUT2D eigenvalue weighted by atomic mass is 10.1. The SMILES string of the molecule is C=CC(C)NC(=O)C(C)CN. The molecular formula is C8H16N2O. The summed E-state index contributed by atoms with van der Waals surface area (Å²) < 4.78 is 0. The van der Waals surface area contributed by atoms with Gasteiger partial charge in [-0.3, -0.25) is 4.79 Å². The van der Waals surface area contributed by atoms with E-state index in [0.717, 1.165) is 0 Å². The number of carbonyl (C=O) groups excluding carboxylic acids is 1. The van der Waals surface area contributed by atoms with Gasteiger partial charge in [-0.15, -0.1) is 6.58 Å². The van der Waals surface area contributed by atoms with E-state index in [1.165, 1.54) is 0 Å². The van der Waals surface area contributed by atoms with Crippen molar-refractivity contribution in [1.29, 1.82) is 0 Å². The second-order valence-corrected chi connectivity index (χ2v) is 2.67. The monoisotopic (exact) mass is 156 g/mol. The summed E-state index contributed by atoms with van der Waals surface area (Å²) in [6, 6.07) is 0.0245. The molecule has 0 aliphatic heterocycles. The zero-order valence-corrected chi connectivity index (χ0v) is 7.13. The molecule has 0 saturated carbocycles. The zero-order chi connectivity index (χ0) is 8.85. The number of hydrogen-bond acceptors (Lipinski definition) is 2. The van der Waals surface area contributed by atoms with Crippen LogP contribution in [0.5, 0.6) is 0 Å². The number of hydrogen-bond donors (Lipinski definition) is 2. The van der Waals surface area contributed by atoms with Gasteiger partial charge in [0.15, 0.2) is 0 Å². The number of nitrogens with one attached hydrogen (secondary N) is 1. The topological polar surface area (TPSA) is 55.1 Å². The largest absolute Gasteiger partial charge is 0.350 e. The third-order valence-electron chi connectivity index (χ3n) is 1.52. The third-order valence-corrected chi connectivity index (χ3v) is 1.52. The molecule has 0 radical (unpaired) electrons. The van der Waals surface area contributed by atoms with Crippen molar-refractivity contribution >= 4 is 5.91 Å². The molecule has 0 aliphatic carbocycles. The van der Waals surface area contributed by atoms with Crippen LogP contribution in [0.1, 0.15) is 13.8 Å². The van der Waals surface area contributed by atoms with Crippen molar-refractivity contribution in [2.75, 3.05) is 6.54 Å². The highest BCUT2D eigenvalue weighted by molar-refractivity contribution is 5.78. The van der Waals surface area contributed by atoms with Gasteiger partial charge in [0.25, 0.3) is 0 Å². The van der Waals surface area contributed by atoms with Crippen LogP contribution in [0.2, 0.25) is 0 Å². The van der Waals surface area contributed by atoms with Gasteiger partial charge in [0.2, 0.25) is 5.91 Å². The molecule has 0 rings (SSSR count). The van der Waals surface area contributed by atoms with Gasteiger partial charge in [0.05, 0.1) is 0 Å². The Kier molecular flexibility index (Phi) is 4.54. The van der Waals surface area contributed by atoms with Gasteiger partial charge in [-0.25, -0.2) is 0 Å². The number of amides is 1. The van der Waals surface area contributed by atoms with E-state index in [1.54, 1.807) is 13.0 Å². The Morgan fingerprint density at radius 1 is 1.73 bits per heavy atom. The minimum Gasteiger partial charge on any atom is -0.350 e. The van der Waals surface area contributed by atoms with Crippen molar-refractivity contribution in [1.82, 2.24) is 5.32 Å². The summed E-state index contributed by atoms with van der Waals surface area (Å²) in [5, 5.41) is 2.74. The van der Waals surface area contributed by atoms with Crippen LogP contribution < -0.4 is 11.1 Å². The van der Waals surface area contributed by atoms with Gasteiger partial charge < -0.3 is 11.1 Å². The molecule has 2 unspecified atom stereocenters. The van der Waals surface area contributed by atoms with Crippen molar-refractivity contribution in [2.24, 2.45) is 11.7 Å². The molecule has 2 atom stereocenters. The van der Waals surface area contributed by atoms with Gasteiger partial charge in [-0.2, -0.15) is 0 Å². The lowest BCUT2D eigenvalue weighted by Crippen LogP contribution is -2.37. The molecule has 0 saturated heterocycles. The summed E-state index contributed by atoms with van der Waals surface area (Å²) in [4.78, 5) is 11.1. The first-order valence-electron chi connectivity index (χ1n) is 3.74. The van der Waals surface area contributed by atoms with Gasteiger partial charge in [-0.1, -0.05) is 13.0 Å². The maximum absolute atomic E-state index is 11.1. The van der Waals surface area contributed by atoms with Crippen molar-refractivity contribution in [2.45, 2.75) is 19.9 Å². The molecule has 0 bridgehead atoms. The predicted octanol–water partition coefficient (Wildman–Crippen LogP) is 0.272. The summed E-state index contributed by atoms with van der Waals surface area (Å²) in [6.07, 6.45) is 1.68. The summed E-state index contributed by atoms with van der Waals surface area (Å²) in [5.74, 6) is -0.127. The van der Waals surface area contributed by atoms with Crippen LogP contribution in [0.3, 0.4) is 0 Å². The maximum atomic E-state index is 11.1. The zero-order valence-electron chi connectivity index (χ0n) is 7.13. The molecular weight excluding hydrogens is 140 g/mol. The minimum atomic E-state index is -0.114. The second-order valence-electron chi connectivity index (χ2n) is 2.67. The summed E-state index contributed by atoms with van der Waals surface area (Å²) in [7, 11) is 0. The van der Waals surface area contributed by atoms with Crippen molar-refractivity contribution in [3.8, 4) is 0 Å². The lowest BCUT2D eigenvalue weighted by Gasteiger charge is -2.12. The Bertz CT molecular complexity index is 145. The molecule has 3 nitrogen and oxygen atoms in total. The lowest BCUT2D eigenvalue weighted by molar-refractivity contribution is -0.124. The van der Waals surface area contributed by atoms with Crippen molar-refractivity contribution in [3.05, 3.63) is 12.7 Å². The molecule has 0 heterocycles. The first kappa shape index (κ1) is 10.2. The molecule has 0 spiro atoms. The highest BCUT2D eigenvalue weighted by atomic mass is 16.1. The van der Waals surface area contributed by atoms with Crippen LogP contribution in [-0.4, -0.2) is 18.5 Å². The van der Waals surface area contributed by atoms with E-state index in [9.17, 15) is 4.79 Å². The fourth-order valence-electron chi connectivity index (χ4n) is 0.533. The molecule has 64 valence electrons. The standard InChI is InChI=1S/C8H16N2O/c1-4-7(3)10-8(11)6(2)5-9/h4,6-7H,1,5,9H2,2-3H3,(H,10,11). The smallest absolute Gasteiger partial charge is 0.224 e. The second kappa shape index (κ2) is 4.91. The molecule has 0 fully saturated rings. The Labute approximate surface area is 67.7 Å². The molecule has 1 amide bonds. The molecule has 0 aromatic carbocycles. The van der Waals surface area contributed by atoms with Crippen LogP contribution >= 0.6 is 0 Å². The van der Waals surface area contributed by atoms with E-state index in [1.807, 2.05) is 6.92 Å². The molecule has 0 aromatic rings. The normalized spacial score (nSPS) is 15.2. The Morgan fingerprint density at radius 3 is 2.64 bits per heavy atom. The Morgan fingerprint density at radius 2 is 2.27 bits per heavy atom. The van der Waals surface area contributed by atoms with E-state index in [-0.39, 0.29) is 17.9 Å².